The van der Waals surface area contributed by atoms with Crippen LogP contribution in [0.1, 0.15) is 70.3 Å². The van der Waals surface area contributed by atoms with Crippen LogP contribution in [0, 0.1) is 0 Å². The van der Waals surface area contributed by atoms with Crippen LogP contribution in [0.3, 0.4) is 0 Å². The molecule has 0 radical (unpaired) electrons. The fourth-order valence-electron chi connectivity index (χ4n) is 2.54. The summed E-state index contributed by atoms with van der Waals surface area (Å²) in [6.07, 6.45) is 1.59. The molecule has 0 unspecified atom stereocenters. The summed E-state index contributed by atoms with van der Waals surface area (Å²) in [5, 5.41) is 8.76. The first-order valence-electron chi connectivity index (χ1n) is 9.32. The number of allylic oxidation sites excluding steroid dienone is 5. The number of rotatable bonds is 8. The topological polar surface area (TPSA) is 59.4 Å². The van der Waals surface area contributed by atoms with Gasteiger partial charge < -0.3 is 9.84 Å². The molecule has 7 heteroatoms. The van der Waals surface area contributed by atoms with E-state index in [4.69, 9.17) is 9.84 Å². The van der Waals surface area contributed by atoms with Gasteiger partial charge in [0.15, 0.2) is 6.61 Å². The Kier molecular flexibility index (Phi) is 8.67. The van der Waals surface area contributed by atoms with E-state index >= 15 is 0 Å². The molecule has 1 aromatic heterocycles. The number of halogens is 3. The number of hydrogen-bond donors (Lipinski definition) is 1. The zero-order valence-electron chi connectivity index (χ0n) is 17.6. The summed E-state index contributed by atoms with van der Waals surface area (Å²) in [6, 6.07) is 1.75. The molecule has 0 atom stereocenters. The fraction of sp³-hybridized carbons (Fsp3) is 0.455. The number of aliphatic carboxylic acids is 1. The highest BCUT2D eigenvalue weighted by Gasteiger charge is 2.30. The smallest absolute Gasteiger partial charge is 0.422 e. The highest BCUT2D eigenvalue weighted by molar-refractivity contribution is 5.81. The number of ether oxygens (including phenoxy) is 1. The largest absolute Gasteiger partial charge is 0.482 e. The van der Waals surface area contributed by atoms with Gasteiger partial charge in [0.2, 0.25) is 0 Å². The van der Waals surface area contributed by atoms with Crippen LogP contribution >= 0.6 is 0 Å². The summed E-state index contributed by atoms with van der Waals surface area (Å²) >= 11 is 0. The standard InChI is InChI=1S/C22H28F3NO3/c1-13(2)18-11-17(16(6)9-7-8-15(5)10-19(27)28)21(20(26-18)14(3)4)29-12-22(23,24)25/h7-11,13-14H,12H2,1-6H3,(H,27,28). The first-order valence-corrected chi connectivity index (χ1v) is 9.32. The molecular weight excluding hydrogens is 383 g/mol. The lowest BCUT2D eigenvalue weighted by Crippen LogP contribution is -2.21. The quantitative estimate of drug-likeness (QED) is 0.405. The normalized spacial score (nSPS) is 13.6. The van der Waals surface area contributed by atoms with E-state index < -0.39 is 18.8 Å². The molecule has 0 aromatic carbocycles. The second-order valence-corrected chi connectivity index (χ2v) is 7.46. The minimum atomic E-state index is -4.46. The van der Waals surface area contributed by atoms with Crippen molar-refractivity contribution in [1.29, 1.82) is 0 Å². The van der Waals surface area contributed by atoms with E-state index in [2.05, 4.69) is 4.98 Å². The van der Waals surface area contributed by atoms with Crippen LogP contribution in [0.2, 0.25) is 0 Å². The maximum absolute atomic E-state index is 12.8. The highest BCUT2D eigenvalue weighted by Crippen LogP contribution is 2.36. The van der Waals surface area contributed by atoms with Crippen molar-refractivity contribution in [2.24, 2.45) is 0 Å². The lowest BCUT2D eigenvalue weighted by molar-refractivity contribution is -0.153. The summed E-state index contributed by atoms with van der Waals surface area (Å²) < 4.78 is 43.5. The third kappa shape index (κ3) is 8.13. The number of carboxylic acids is 1. The number of aromatic nitrogens is 1. The Bertz CT molecular complexity index is 819. The molecule has 1 N–H and O–H groups in total. The molecule has 1 heterocycles. The van der Waals surface area contributed by atoms with E-state index in [1.807, 2.05) is 27.7 Å². The summed E-state index contributed by atoms with van der Waals surface area (Å²) in [5.41, 5.74) is 3.01. The zero-order chi connectivity index (χ0) is 22.4. The maximum Gasteiger partial charge on any atom is 0.422 e. The minimum absolute atomic E-state index is 0.0898. The number of alkyl halides is 3. The summed E-state index contributed by atoms with van der Waals surface area (Å²) in [5.74, 6) is -0.957. The van der Waals surface area contributed by atoms with E-state index in [1.165, 1.54) is 0 Å². The second-order valence-electron chi connectivity index (χ2n) is 7.46. The van der Waals surface area contributed by atoms with Crippen LogP contribution in [0.5, 0.6) is 5.75 Å². The van der Waals surface area contributed by atoms with Crippen LogP contribution in [0.4, 0.5) is 13.2 Å². The molecule has 0 spiro atoms. The van der Waals surface area contributed by atoms with Crippen molar-refractivity contribution in [1.82, 2.24) is 4.98 Å². The Morgan fingerprint density at radius 1 is 1.21 bits per heavy atom. The molecule has 0 saturated heterocycles. The van der Waals surface area contributed by atoms with Gasteiger partial charge in [-0.05, 0) is 42.9 Å². The number of pyridine rings is 1. The van der Waals surface area contributed by atoms with Crippen molar-refractivity contribution in [3.8, 4) is 5.75 Å². The van der Waals surface area contributed by atoms with Gasteiger partial charge in [-0.2, -0.15) is 13.2 Å². The maximum atomic E-state index is 12.8. The predicted octanol–water partition coefficient (Wildman–Crippen LogP) is 6.26. The average molecular weight is 411 g/mol. The molecular formula is C22H28F3NO3. The Morgan fingerprint density at radius 3 is 2.31 bits per heavy atom. The molecule has 0 saturated carbocycles. The van der Waals surface area contributed by atoms with E-state index in [1.54, 1.807) is 38.1 Å². The first-order chi connectivity index (χ1) is 13.3. The highest BCUT2D eigenvalue weighted by atomic mass is 19.4. The molecule has 0 amide bonds. The van der Waals surface area contributed by atoms with Gasteiger partial charge in [-0.1, -0.05) is 45.9 Å². The van der Waals surface area contributed by atoms with Gasteiger partial charge in [-0.3, -0.25) is 4.98 Å². The fourth-order valence-corrected chi connectivity index (χ4v) is 2.54. The first kappa shape index (κ1) is 24.5. The van der Waals surface area contributed by atoms with Gasteiger partial charge >= 0.3 is 12.1 Å². The lowest BCUT2D eigenvalue weighted by atomic mass is 9.97. The van der Waals surface area contributed by atoms with Crippen molar-refractivity contribution in [2.75, 3.05) is 6.61 Å². The van der Waals surface area contributed by atoms with Crippen molar-refractivity contribution < 1.29 is 27.8 Å². The van der Waals surface area contributed by atoms with Gasteiger partial charge in [0.1, 0.15) is 5.75 Å². The molecule has 0 aliphatic heterocycles. The number of carboxylic acid groups (broad SMARTS) is 1. The number of nitrogens with zero attached hydrogens (tertiary/aromatic N) is 1. The molecule has 0 aliphatic rings. The van der Waals surface area contributed by atoms with Gasteiger partial charge in [0.05, 0.1) is 5.69 Å². The molecule has 29 heavy (non-hydrogen) atoms. The minimum Gasteiger partial charge on any atom is -0.482 e. The molecule has 0 fully saturated rings. The van der Waals surface area contributed by atoms with Crippen molar-refractivity contribution in [3.63, 3.8) is 0 Å². The van der Waals surface area contributed by atoms with E-state index in [-0.39, 0.29) is 17.6 Å². The van der Waals surface area contributed by atoms with Crippen LogP contribution in [-0.2, 0) is 4.79 Å². The Hall–Kier alpha value is -2.57. The third-order valence-electron chi connectivity index (χ3n) is 4.02. The molecule has 4 nitrogen and oxygen atoms in total. The third-order valence-corrected chi connectivity index (χ3v) is 4.02. The average Bonchev–Trinajstić information content (AvgIpc) is 2.57. The molecule has 0 aliphatic carbocycles. The lowest BCUT2D eigenvalue weighted by Gasteiger charge is -2.21. The monoisotopic (exact) mass is 411 g/mol. The van der Waals surface area contributed by atoms with Gasteiger partial charge in [-0.25, -0.2) is 4.79 Å². The van der Waals surface area contributed by atoms with Crippen LogP contribution in [0.15, 0.2) is 35.9 Å². The van der Waals surface area contributed by atoms with Crippen LogP contribution in [-0.4, -0.2) is 28.8 Å². The Balaban J connectivity index is 3.48. The van der Waals surface area contributed by atoms with E-state index in [0.717, 1.165) is 11.8 Å². The number of hydrogen-bond acceptors (Lipinski definition) is 3. The predicted molar refractivity (Wildman–Crippen MR) is 108 cm³/mol. The second kappa shape index (κ2) is 10.3. The van der Waals surface area contributed by atoms with Crippen molar-refractivity contribution in [2.45, 2.75) is 59.6 Å². The summed E-state index contributed by atoms with van der Waals surface area (Å²) in [7, 11) is 0. The van der Waals surface area contributed by atoms with E-state index in [9.17, 15) is 18.0 Å². The summed E-state index contributed by atoms with van der Waals surface area (Å²) in [6.45, 7) is 9.66. The molecule has 160 valence electrons. The summed E-state index contributed by atoms with van der Waals surface area (Å²) in [4.78, 5) is 15.2. The molecule has 1 aromatic rings. The van der Waals surface area contributed by atoms with Crippen LogP contribution < -0.4 is 4.74 Å². The number of carbonyl (C=O) groups is 1. The van der Waals surface area contributed by atoms with Crippen molar-refractivity contribution in [3.05, 3.63) is 52.9 Å². The zero-order valence-corrected chi connectivity index (χ0v) is 17.6. The molecule has 0 bridgehead atoms. The Labute approximate surface area is 169 Å². The SMILES string of the molecule is CC(C=CC=C(C)c1cc(C(C)C)nc(C(C)C)c1OCC(F)(F)F)=CC(=O)O. The van der Waals surface area contributed by atoms with E-state index in [0.29, 0.717) is 22.4 Å². The van der Waals surface area contributed by atoms with Gasteiger partial charge in [0.25, 0.3) is 0 Å². The van der Waals surface area contributed by atoms with Gasteiger partial charge in [0, 0.05) is 17.3 Å². The van der Waals surface area contributed by atoms with Crippen LogP contribution in [0.25, 0.3) is 5.57 Å². The van der Waals surface area contributed by atoms with Crippen molar-refractivity contribution >= 4 is 11.5 Å². The Morgan fingerprint density at radius 2 is 1.83 bits per heavy atom. The molecule has 1 rings (SSSR count). The van der Waals surface area contributed by atoms with Gasteiger partial charge in [-0.15, -0.1) is 0 Å².